The van der Waals surface area contributed by atoms with Gasteiger partial charge >= 0.3 is 0 Å². The van der Waals surface area contributed by atoms with Crippen LogP contribution in [0.4, 0.5) is 0 Å². The number of unbranched alkanes of at least 4 members (excludes halogenated alkanes) is 1. The highest BCUT2D eigenvalue weighted by Gasteiger charge is 2.47. The van der Waals surface area contributed by atoms with Crippen LogP contribution in [0.2, 0.25) is 0 Å². The van der Waals surface area contributed by atoms with Gasteiger partial charge in [0.1, 0.15) is 23.3 Å². The van der Waals surface area contributed by atoms with E-state index in [1.807, 2.05) is 10.8 Å². The third-order valence-electron chi connectivity index (χ3n) is 5.60. The Balaban J connectivity index is 1.64. The monoisotopic (exact) mass is 449 g/mol. The molecule has 1 aliphatic rings. The molecule has 2 aromatic heterocycles. The number of carbonyl (C=O) groups is 2. The Morgan fingerprint density at radius 1 is 1.18 bits per heavy atom. The average Bonchev–Trinajstić information content (AvgIpc) is 3.58. The molecule has 0 radical (unpaired) electrons. The van der Waals surface area contributed by atoms with Crippen molar-refractivity contribution >= 4 is 17.4 Å². The number of ketones is 1. The maximum Gasteiger partial charge on any atom is 0.295 e. The number of furan rings is 1. The van der Waals surface area contributed by atoms with Crippen LogP contribution in [0.25, 0.3) is 5.76 Å². The van der Waals surface area contributed by atoms with Crippen molar-refractivity contribution in [3.63, 3.8) is 0 Å². The summed E-state index contributed by atoms with van der Waals surface area (Å²) < 4.78 is 13.2. The summed E-state index contributed by atoms with van der Waals surface area (Å²) in [7, 11) is 0. The molecule has 33 heavy (non-hydrogen) atoms. The Morgan fingerprint density at radius 2 is 2.06 bits per heavy atom. The van der Waals surface area contributed by atoms with Crippen LogP contribution >= 0.6 is 0 Å². The van der Waals surface area contributed by atoms with Crippen molar-refractivity contribution in [3.8, 4) is 5.75 Å². The summed E-state index contributed by atoms with van der Waals surface area (Å²) in [6, 6.07) is 9.52. The topological polar surface area (TPSA) is 97.8 Å². The number of carbonyl (C=O) groups excluding carboxylic acids is 2. The van der Waals surface area contributed by atoms with Gasteiger partial charge in [-0.05, 0) is 37.1 Å². The minimum absolute atomic E-state index is 0.0169. The fraction of sp³-hybridized carbons (Fsp3) is 0.320. The summed E-state index contributed by atoms with van der Waals surface area (Å²) >= 11 is 0. The summed E-state index contributed by atoms with van der Waals surface area (Å²) in [6.07, 6.45) is 9.26. The zero-order valence-electron chi connectivity index (χ0n) is 18.5. The van der Waals surface area contributed by atoms with Crippen molar-refractivity contribution in [1.82, 2.24) is 14.5 Å². The Morgan fingerprint density at radius 3 is 2.79 bits per heavy atom. The van der Waals surface area contributed by atoms with E-state index in [1.165, 1.54) is 11.2 Å². The zero-order chi connectivity index (χ0) is 23.2. The number of likely N-dealkylation sites (tertiary alicyclic amines) is 1. The normalized spacial score (nSPS) is 17.6. The molecule has 8 nitrogen and oxygen atoms in total. The third-order valence-corrected chi connectivity index (χ3v) is 5.60. The van der Waals surface area contributed by atoms with Gasteiger partial charge in [-0.25, -0.2) is 4.98 Å². The minimum atomic E-state index is -0.799. The van der Waals surface area contributed by atoms with E-state index in [-0.39, 0.29) is 11.3 Å². The van der Waals surface area contributed by atoms with E-state index in [0.717, 1.165) is 12.8 Å². The molecule has 4 rings (SSSR count). The van der Waals surface area contributed by atoms with Crippen LogP contribution < -0.4 is 4.74 Å². The maximum absolute atomic E-state index is 13.0. The van der Waals surface area contributed by atoms with E-state index >= 15 is 0 Å². The molecular weight excluding hydrogens is 422 g/mol. The maximum atomic E-state index is 13.0. The minimum Gasteiger partial charge on any atom is -0.507 e. The fourth-order valence-corrected chi connectivity index (χ4v) is 3.92. The molecular formula is C25H27N3O5. The van der Waals surface area contributed by atoms with Crippen LogP contribution in [0.15, 0.2) is 71.4 Å². The standard InChI is InChI=1S/C25H27N3O5/c1-2-3-14-32-19-8-4-7-18(16-19)23(29)21-22(20-9-5-15-33-20)28(25(31)24(21)30)12-6-11-27-13-10-26-17-27/h4-5,7-10,13,15-17,22,29H,2-3,6,11-12,14H2,1H3/b23-21+. The van der Waals surface area contributed by atoms with Crippen LogP contribution in [0.3, 0.4) is 0 Å². The molecule has 1 fully saturated rings. The second kappa shape index (κ2) is 10.2. The number of benzene rings is 1. The quantitative estimate of drug-likeness (QED) is 0.216. The van der Waals surface area contributed by atoms with E-state index in [1.54, 1.807) is 48.9 Å². The number of rotatable bonds is 10. The molecule has 1 amide bonds. The van der Waals surface area contributed by atoms with Gasteiger partial charge in [0.15, 0.2) is 0 Å². The van der Waals surface area contributed by atoms with Crippen LogP contribution in [0.5, 0.6) is 5.75 Å². The van der Waals surface area contributed by atoms with Crippen molar-refractivity contribution < 1.29 is 23.8 Å². The Bertz CT molecular complexity index is 1120. The molecule has 172 valence electrons. The highest BCUT2D eigenvalue weighted by molar-refractivity contribution is 6.46. The largest absolute Gasteiger partial charge is 0.507 e. The lowest BCUT2D eigenvalue weighted by atomic mass is 9.99. The molecule has 1 unspecified atom stereocenters. The molecule has 1 aromatic carbocycles. The van der Waals surface area contributed by atoms with Crippen molar-refractivity contribution in [2.24, 2.45) is 0 Å². The molecule has 3 aromatic rings. The molecule has 3 heterocycles. The lowest BCUT2D eigenvalue weighted by Gasteiger charge is -2.23. The molecule has 0 bridgehead atoms. The van der Waals surface area contributed by atoms with E-state index in [4.69, 9.17) is 9.15 Å². The van der Waals surface area contributed by atoms with E-state index < -0.39 is 17.7 Å². The van der Waals surface area contributed by atoms with Gasteiger partial charge in [-0.1, -0.05) is 25.5 Å². The Hall–Kier alpha value is -3.81. The van der Waals surface area contributed by atoms with Crippen LogP contribution in [0, 0.1) is 0 Å². The molecule has 0 aliphatic carbocycles. The summed E-state index contributed by atoms with van der Waals surface area (Å²) in [6.45, 7) is 3.61. The third kappa shape index (κ3) is 4.84. The number of nitrogens with zero attached hydrogens (tertiary/aromatic N) is 3. The van der Waals surface area contributed by atoms with Gasteiger partial charge in [-0.2, -0.15) is 0 Å². The van der Waals surface area contributed by atoms with Gasteiger partial charge in [-0.3, -0.25) is 9.59 Å². The predicted molar refractivity (Wildman–Crippen MR) is 121 cm³/mol. The van der Waals surface area contributed by atoms with Gasteiger partial charge in [0, 0.05) is 31.0 Å². The second-order valence-corrected chi connectivity index (χ2v) is 7.89. The van der Waals surface area contributed by atoms with Gasteiger partial charge in [-0.15, -0.1) is 0 Å². The Kier molecular flexibility index (Phi) is 6.92. The van der Waals surface area contributed by atoms with E-state index in [2.05, 4.69) is 11.9 Å². The fourth-order valence-electron chi connectivity index (χ4n) is 3.92. The molecule has 1 saturated heterocycles. The summed E-state index contributed by atoms with van der Waals surface area (Å²) in [4.78, 5) is 31.4. The first-order valence-electron chi connectivity index (χ1n) is 11.1. The first-order valence-corrected chi connectivity index (χ1v) is 11.1. The zero-order valence-corrected chi connectivity index (χ0v) is 18.5. The number of Topliss-reactive ketones (excluding diaryl/α,β-unsaturated/α-hetero) is 1. The van der Waals surface area contributed by atoms with Gasteiger partial charge < -0.3 is 23.7 Å². The average molecular weight is 450 g/mol. The Labute approximate surface area is 192 Å². The van der Waals surface area contributed by atoms with Crippen LogP contribution in [0.1, 0.15) is 43.6 Å². The lowest BCUT2D eigenvalue weighted by Crippen LogP contribution is -2.31. The highest BCUT2D eigenvalue weighted by atomic mass is 16.5. The van der Waals surface area contributed by atoms with E-state index in [0.29, 0.717) is 43.2 Å². The molecule has 1 atom stereocenters. The summed E-state index contributed by atoms with van der Waals surface area (Å²) in [5, 5.41) is 11.1. The second-order valence-electron chi connectivity index (χ2n) is 7.89. The van der Waals surface area contributed by atoms with Gasteiger partial charge in [0.05, 0.1) is 24.8 Å². The van der Waals surface area contributed by atoms with Crippen LogP contribution in [-0.4, -0.2) is 44.4 Å². The predicted octanol–water partition coefficient (Wildman–Crippen LogP) is 4.17. The van der Waals surface area contributed by atoms with Crippen molar-refractivity contribution in [2.75, 3.05) is 13.2 Å². The number of aromatic nitrogens is 2. The lowest BCUT2D eigenvalue weighted by molar-refractivity contribution is -0.140. The van der Waals surface area contributed by atoms with Crippen molar-refractivity contribution in [1.29, 1.82) is 0 Å². The van der Waals surface area contributed by atoms with Crippen molar-refractivity contribution in [2.45, 2.75) is 38.8 Å². The number of aliphatic hydroxyl groups excluding tert-OH is 1. The SMILES string of the molecule is CCCCOc1cccc(/C(O)=C2\C(=O)C(=O)N(CCCn3ccnc3)C2c2ccco2)c1. The number of aryl methyl sites for hydroxylation is 1. The molecule has 0 saturated carbocycles. The summed E-state index contributed by atoms with van der Waals surface area (Å²) in [5.41, 5.74) is 0.431. The van der Waals surface area contributed by atoms with Crippen molar-refractivity contribution in [3.05, 3.63) is 78.3 Å². The first-order chi connectivity index (χ1) is 16.1. The van der Waals surface area contributed by atoms with Crippen LogP contribution in [-0.2, 0) is 16.1 Å². The van der Waals surface area contributed by atoms with Gasteiger partial charge in [0.2, 0.25) is 0 Å². The van der Waals surface area contributed by atoms with E-state index in [9.17, 15) is 14.7 Å². The molecule has 1 aliphatic heterocycles. The molecule has 0 spiro atoms. The molecule has 8 heteroatoms. The smallest absolute Gasteiger partial charge is 0.295 e. The molecule has 1 N–H and O–H groups in total. The number of imidazole rings is 1. The first kappa shape index (κ1) is 22.4. The highest BCUT2D eigenvalue weighted by Crippen LogP contribution is 2.40. The van der Waals surface area contributed by atoms with Gasteiger partial charge in [0.25, 0.3) is 11.7 Å². The number of ether oxygens (including phenoxy) is 1. The number of hydrogen-bond acceptors (Lipinski definition) is 6. The summed E-state index contributed by atoms with van der Waals surface area (Å²) in [5.74, 6) is -0.606. The number of aliphatic hydroxyl groups is 1. The number of amides is 1. The number of hydrogen-bond donors (Lipinski definition) is 1.